The largest absolute Gasteiger partial charge is 0.264 e. The lowest BCUT2D eigenvalue weighted by atomic mass is 10.1. The predicted octanol–water partition coefficient (Wildman–Crippen LogP) is 3.28. The lowest BCUT2D eigenvalue weighted by Crippen LogP contribution is -1.87. The van der Waals surface area contributed by atoms with Gasteiger partial charge >= 0.3 is 0 Å². The van der Waals surface area contributed by atoms with Gasteiger partial charge in [0, 0.05) is 23.2 Å². The molecule has 66 valence electrons. The standard InChI is InChI=1S/C9H4BrF2N/c10-7-3-8(11)5-1-2-13-4-6(5)9(7)12/h1-4H. The minimum absolute atomic E-state index is 0.116. The molecule has 0 fully saturated rings. The first kappa shape index (κ1) is 8.56. The highest BCUT2D eigenvalue weighted by atomic mass is 79.9. The van der Waals surface area contributed by atoms with Crippen LogP contribution in [0, 0.1) is 11.6 Å². The van der Waals surface area contributed by atoms with Crippen molar-refractivity contribution in [3.05, 3.63) is 40.6 Å². The molecule has 2 rings (SSSR count). The third kappa shape index (κ3) is 1.31. The van der Waals surface area contributed by atoms with Gasteiger partial charge in [0.1, 0.15) is 11.6 Å². The molecule has 13 heavy (non-hydrogen) atoms. The fourth-order valence-corrected chi connectivity index (χ4v) is 1.57. The molecule has 0 N–H and O–H groups in total. The van der Waals surface area contributed by atoms with Gasteiger partial charge in [0.25, 0.3) is 0 Å². The maximum absolute atomic E-state index is 13.3. The highest BCUT2D eigenvalue weighted by Crippen LogP contribution is 2.26. The van der Waals surface area contributed by atoms with Gasteiger partial charge in [-0.25, -0.2) is 8.78 Å². The Labute approximate surface area is 81.5 Å². The average Bonchev–Trinajstić information content (AvgIpc) is 2.15. The molecule has 0 amide bonds. The second-order valence-electron chi connectivity index (χ2n) is 2.58. The molecular weight excluding hydrogens is 240 g/mol. The van der Waals surface area contributed by atoms with Gasteiger partial charge in [-0.15, -0.1) is 0 Å². The molecule has 2 aromatic rings. The number of pyridine rings is 1. The molecule has 0 saturated heterocycles. The first-order valence-electron chi connectivity index (χ1n) is 3.57. The van der Waals surface area contributed by atoms with E-state index in [1.807, 2.05) is 0 Å². The van der Waals surface area contributed by atoms with E-state index in [-0.39, 0.29) is 15.2 Å². The van der Waals surface area contributed by atoms with Crippen LogP contribution in [0.5, 0.6) is 0 Å². The number of halogens is 3. The van der Waals surface area contributed by atoms with Crippen molar-refractivity contribution in [2.45, 2.75) is 0 Å². The monoisotopic (exact) mass is 243 g/mol. The van der Waals surface area contributed by atoms with Gasteiger partial charge in [-0.2, -0.15) is 0 Å². The van der Waals surface area contributed by atoms with Crippen molar-refractivity contribution in [3.8, 4) is 0 Å². The van der Waals surface area contributed by atoms with E-state index in [0.717, 1.165) is 6.07 Å². The van der Waals surface area contributed by atoms with Crippen molar-refractivity contribution in [2.75, 3.05) is 0 Å². The predicted molar refractivity (Wildman–Crippen MR) is 49.4 cm³/mol. The van der Waals surface area contributed by atoms with Gasteiger partial charge in [0.2, 0.25) is 0 Å². The van der Waals surface area contributed by atoms with Crippen LogP contribution in [0.2, 0.25) is 0 Å². The van der Waals surface area contributed by atoms with E-state index in [1.54, 1.807) is 0 Å². The van der Waals surface area contributed by atoms with Gasteiger partial charge in [-0.3, -0.25) is 4.98 Å². The second-order valence-corrected chi connectivity index (χ2v) is 3.43. The van der Waals surface area contributed by atoms with Crippen LogP contribution in [0.15, 0.2) is 29.0 Å². The van der Waals surface area contributed by atoms with E-state index in [4.69, 9.17) is 0 Å². The van der Waals surface area contributed by atoms with Crippen LogP contribution in [0.3, 0.4) is 0 Å². The maximum atomic E-state index is 13.3. The van der Waals surface area contributed by atoms with Crippen LogP contribution in [0.4, 0.5) is 8.78 Å². The average molecular weight is 244 g/mol. The molecule has 0 aliphatic rings. The molecule has 0 bridgehead atoms. The van der Waals surface area contributed by atoms with Crippen molar-refractivity contribution in [3.63, 3.8) is 0 Å². The van der Waals surface area contributed by atoms with Crippen LogP contribution in [-0.2, 0) is 0 Å². The number of fused-ring (bicyclic) bond motifs is 1. The minimum atomic E-state index is -0.482. The molecule has 0 aliphatic heterocycles. The lowest BCUT2D eigenvalue weighted by molar-refractivity contribution is 0.611. The van der Waals surface area contributed by atoms with E-state index in [1.165, 1.54) is 18.5 Å². The lowest BCUT2D eigenvalue weighted by Gasteiger charge is -2.01. The Hall–Kier alpha value is -1.03. The third-order valence-corrected chi connectivity index (χ3v) is 2.36. The molecule has 0 radical (unpaired) electrons. The van der Waals surface area contributed by atoms with E-state index < -0.39 is 11.6 Å². The van der Waals surface area contributed by atoms with Crippen molar-refractivity contribution < 1.29 is 8.78 Å². The zero-order valence-corrected chi connectivity index (χ0v) is 7.98. The van der Waals surface area contributed by atoms with E-state index in [9.17, 15) is 8.78 Å². The molecule has 0 unspecified atom stereocenters. The quantitative estimate of drug-likeness (QED) is 0.648. The topological polar surface area (TPSA) is 12.9 Å². The van der Waals surface area contributed by atoms with Crippen molar-refractivity contribution in [1.82, 2.24) is 4.98 Å². The smallest absolute Gasteiger partial charge is 0.146 e. The van der Waals surface area contributed by atoms with Gasteiger partial charge < -0.3 is 0 Å². The maximum Gasteiger partial charge on any atom is 0.146 e. The first-order chi connectivity index (χ1) is 6.20. The molecule has 0 saturated carbocycles. The number of aromatic nitrogens is 1. The van der Waals surface area contributed by atoms with E-state index in [0.29, 0.717) is 0 Å². The van der Waals surface area contributed by atoms with Crippen LogP contribution < -0.4 is 0 Å². The Balaban J connectivity index is 2.97. The van der Waals surface area contributed by atoms with Crippen molar-refractivity contribution in [1.29, 1.82) is 0 Å². The van der Waals surface area contributed by atoms with Crippen LogP contribution in [-0.4, -0.2) is 4.98 Å². The first-order valence-corrected chi connectivity index (χ1v) is 4.36. The Kier molecular flexibility index (Phi) is 2.00. The summed E-state index contributed by atoms with van der Waals surface area (Å²) >= 11 is 2.92. The summed E-state index contributed by atoms with van der Waals surface area (Å²) < 4.78 is 26.6. The van der Waals surface area contributed by atoms with Gasteiger partial charge in [-0.05, 0) is 28.1 Å². The Morgan fingerprint density at radius 1 is 1.23 bits per heavy atom. The summed E-state index contributed by atoms with van der Waals surface area (Å²) in [6, 6.07) is 2.55. The Bertz CT molecular complexity index is 470. The molecule has 1 nitrogen and oxygen atoms in total. The highest BCUT2D eigenvalue weighted by Gasteiger charge is 2.09. The zero-order chi connectivity index (χ0) is 9.42. The fraction of sp³-hybridized carbons (Fsp3) is 0. The van der Waals surface area contributed by atoms with Gasteiger partial charge in [0.05, 0.1) is 4.47 Å². The zero-order valence-electron chi connectivity index (χ0n) is 6.39. The fourth-order valence-electron chi connectivity index (χ4n) is 1.16. The summed E-state index contributed by atoms with van der Waals surface area (Å²) in [5.74, 6) is -0.935. The molecule has 1 aromatic heterocycles. The third-order valence-electron chi connectivity index (χ3n) is 1.78. The summed E-state index contributed by atoms with van der Waals surface area (Å²) in [5.41, 5.74) is 0. The number of nitrogens with zero attached hydrogens (tertiary/aromatic N) is 1. The van der Waals surface area contributed by atoms with Crippen LogP contribution in [0.25, 0.3) is 10.8 Å². The van der Waals surface area contributed by atoms with Crippen LogP contribution >= 0.6 is 15.9 Å². The summed E-state index contributed by atoms with van der Waals surface area (Å²) in [5, 5.41) is 0.435. The van der Waals surface area contributed by atoms with Crippen LogP contribution in [0.1, 0.15) is 0 Å². The SMILES string of the molecule is Fc1cc(Br)c(F)c2cnccc12. The molecule has 0 aliphatic carbocycles. The normalized spacial score (nSPS) is 10.7. The molecule has 0 atom stereocenters. The number of hydrogen-bond acceptors (Lipinski definition) is 1. The summed E-state index contributed by atoms with van der Waals surface area (Å²) in [6.45, 7) is 0. The molecule has 1 aromatic carbocycles. The Morgan fingerprint density at radius 2 is 2.00 bits per heavy atom. The van der Waals surface area contributed by atoms with Crippen molar-refractivity contribution >= 4 is 26.7 Å². The van der Waals surface area contributed by atoms with Gasteiger partial charge in [-0.1, -0.05) is 0 Å². The number of rotatable bonds is 0. The van der Waals surface area contributed by atoms with E-state index >= 15 is 0 Å². The molecular formula is C9H4BrF2N. The second kappa shape index (κ2) is 3.03. The van der Waals surface area contributed by atoms with Crippen molar-refractivity contribution in [2.24, 2.45) is 0 Å². The number of hydrogen-bond donors (Lipinski definition) is 0. The number of benzene rings is 1. The summed E-state index contributed by atoms with van der Waals surface area (Å²) in [6.07, 6.45) is 2.73. The highest BCUT2D eigenvalue weighted by molar-refractivity contribution is 9.10. The summed E-state index contributed by atoms with van der Waals surface area (Å²) in [7, 11) is 0. The summed E-state index contributed by atoms with van der Waals surface area (Å²) in [4.78, 5) is 3.73. The van der Waals surface area contributed by atoms with Gasteiger partial charge in [0.15, 0.2) is 0 Å². The minimum Gasteiger partial charge on any atom is -0.264 e. The molecule has 1 heterocycles. The molecule has 4 heteroatoms. The Morgan fingerprint density at radius 3 is 2.77 bits per heavy atom. The van der Waals surface area contributed by atoms with E-state index in [2.05, 4.69) is 20.9 Å². The molecule has 0 spiro atoms.